The molecule has 1 atom stereocenters. The van der Waals surface area contributed by atoms with E-state index in [4.69, 9.17) is 42.1 Å². The number of azo groups is 1. The summed E-state index contributed by atoms with van der Waals surface area (Å²) in [5.41, 5.74) is 0.502. The van der Waals surface area contributed by atoms with Crippen LogP contribution in [0, 0.1) is 0 Å². The number of Topliss-reactive ketones (excluding diaryl/α,β-unsaturated/α-hetero) is 1. The van der Waals surface area contributed by atoms with Crippen molar-refractivity contribution in [1.29, 1.82) is 0 Å². The minimum atomic E-state index is -1.42. The second-order valence-corrected chi connectivity index (χ2v) is 6.85. The summed E-state index contributed by atoms with van der Waals surface area (Å²) in [6.07, 6.45) is 0. The highest BCUT2D eigenvalue weighted by Crippen LogP contribution is 2.38. The number of nitrogens with zero attached hydrogens (tertiary/aromatic N) is 2. The first-order valence-electron chi connectivity index (χ1n) is 8.80. The Balaban J connectivity index is 2.31. The number of hydrogen-bond donors (Lipinski definition) is 1. The maximum Gasteiger partial charge on any atom is 0.258 e. The van der Waals surface area contributed by atoms with Gasteiger partial charge in [0.2, 0.25) is 6.04 Å². The average Bonchev–Trinajstić information content (AvgIpc) is 2.75. The Morgan fingerprint density at radius 2 is 1.39 bits per heavy atom. The molecule has 0 aliphatic rings. The van der Waals surface area contributed by atoms with Gasteiger partial charge in [-0.1, -0.05) is 23.2 Å². The van der Waals surface area contributed by atoms with Crippen LogP contribution in [0.1, 0.15) is 6.92 Å². The van der Waals surface area contributed by atoms with Crippen LogP contribution in [0.2, 0.25) is 10.0 Å². The van der Waals surface area contributed by atoms with Crippen LogP contribution in [0.5, 0.6) is 23.0 Å². The van der Waals surface area contributed by atoms with Gasteiger partial charge in [-0.05, 0) is 6.92 Å². The summed E-state index contributed by atoms with van der Waals surface area (Å²) in [5.74, 6) is 0.0957. The van der Waals surface area contributed by atoms with E-state index in [9.17, 15) is 9.59 Å². The van der Waals surface area contributed by atoms with Crippen LogP contribution in [0.15, 0.2) is 34.5 Å². The van der Waals surface area contributed by atoms with Crippen LogP contribution in [0.3, 0.4) is 0 Å². The molecule has 0 saturated heterocycles. The standard InChI is InChI=1S/C20H21Cl2N3O6/c1-10(26)19(25-24-11-6-16(30-4)18(22)17(7-11)31-5)20(27)23-13-9-15(29-3)14(28-2)8-12(13)21/h6-9,19H,1-5H3,(H,23,27). The van der Waals surface area contributed by atoms with Gasteiger partial charge in [0, 0.05) is 24.3 Å². The summed E-state index contributed by atoms with van der Waals surface area (Å²) in [6, 6.07) is 4.52. The lowest BCUT2D eigenvalue weighted by Crippen LogP contribution is -2.31. The zero-order chi connectivity index (χ0) is 23.1. The van der Waals surface area contributed by atoms with E-state index in [0.717, 1.165) is 0 Å². The van der Waals surface area contributed by atoms with Gasteiger partial charge in [0.25, 0.3) is 5.91 Å². The first-order chi connectivity index (χ1) is 14.7. The first-order valence-corrected chi connectivity index (χ1v) is 9.56. The molecular formula is C20H21Cl2N3O6. The zero-order valence-electron chi connectivity index (χ0n) is 17.5. The van der Waals surface area contributed by atoms with Crippen molar-refractivity contribution < 1.29 is 28.5 Å². The molecule has 0 aliphatic carbocycles. The number of carbonyl (C=O) groups is 2. The van der Waals surface area contributed by atoms with Gasteiger partial charge in [-0.2, -0.15) is 10.2 Å². The second-order valence-electron chi connectivity index (χ2n) is 6.07. The van der Waals surface area contributed by atoms with Crippen LogP contribution in [0.25, 0.3) is 0 Å². The normalized spacial score (nSPS) is 11.7. The molecule has 0 spiro atoms. The highest BCUT2D eigenvalue weighted by molar-refractivity contribution is 6.34. The van der Waals surface area contributed by atoms with Gasteiger partial charge in [-0.3, -0.25) is 9.59 Å². The molecule has 1 N–H and O–H groups in total. The number of anilines is 1. The minimum absolute atomic E-state index is 0.192. The quantitative estimate of drug-likeness (QED) is 0.420. The van der Waals surface area contributed by atoms with Crippen molar-refractivity contribution in [2.45, 2.75) is 13.0 Å². The molecule has 2 aromatic rings. The van der Waals surface area contributed by atoms with Gasteiger partial charge < -0.3 is 24.3 Å². The van der Waals surface area contributed by atoms with Crippen molar-refractivity contribution in [1.82, 2.24) is 0 Å². The monoisotopic (exact) mass is 469 g/mol. The molecule has 0 aliphatic heterocycles. The molecule has 0 heterocycles. The van der Waals surface area contributed by atoms with Gasteiger partial charge >= 0.3 is 0 Å². The van der Waals surface area contributed by atoms with E-state index in [1.54, 1.807) is 0 Å². The van der Waals surface area contributed by atoms with E-state index < -0.39 is 17.7 Å². The predicted molar refractivity (Wildman–Crippen MR) is 117 cm³/mol. The van der Waals surface area contributed by atoms with Gasteiger partial charge in [0.1, 0.15) is 16.5 Å². The Labute approximate surface area is 189 Å². The Kier molecular flexibility index (Phi) is 8.47. The fraction of sp³-hybridized carbons (Fsp3) is 0.300. The van der Waals surface area contributed by atoms with E-state index in [1.807, 2.05) is 0 Å². The van der Waals surface area contributed by atoms with Crippen LogP contribution in [-0.2, 0) is 9.59 Å². The number of methoxy groups -OCH3 is 4. The second kappa shape index (κ2) is 10.8. The number of rotatable bonds is 9. The number of hydrogen-bond acceptors (Lipinski definition) is 8. The Bertz CT molecular complexity index is 988. The lowest BCUT2D eigenvalue weighted by molar-refractivity contribution is -0.126. The van der Waals surface area contributed by atoms with Gasteiger partial charge in [0.15, 0.2) is 17.3 Å². The minimum Gasteiger partial charge on any atom is -0.495 e. The molecule has 0 bridgehead atoms. The number of nitrogens with one attached hydrogen (secondary N) is 1. The summed E-state index contributed by atoms with van der Waals surface area (Å²) >= 11 is 12.3. The fourth-order valence-corrected chi connectivity index (χ4v) is 2.97. The molecule has 0 aromatic heterocycles. The van der Waals surface area contributed by atoms with Crippen LogP contribution in [0.4, 0.5) is 11.4 Å². The van der Waals surface area contributed by atoms with E-state index >= 15 is 0 Å². The van der Waals surface area contributed by atoms with Gasteiger partial charge in [-0.15, -0.1) is 0 Å². The summed E-state index contributed by atoms with van der Waals surface area (Å²) in [6.45, 7) is 1.22. The SMILES string of the molecule is COc1cc(Cl)c(NC(=O)C(N=Nc2cc(OC)c(Cl)c(OC)c2)C(C)=O)cc1OC. The van der Waals surface area contributed by atoms with E-state index in [2.05, 4.69) is 15.5 Å². The Morgan fingerprint density at radius 3 is 1.87 bits per heavy atom. The van der Waals surface area contributed by atoms with Crippen LogP contribution >= 0.6 is 23.2 Å². The number of carbonyl (C=O) groups excluding carboxylic acids is 2. The molecule has 0 fully saturated rings. The third kappa shape index (κ3) is 5.77. The lowest BCUT2D eigenvalue weighted by Gasteiger charge is -2.14. The molecule has 0 saturated carbocycles. The third-order valence-corrected chi connectivity index (χ3v) is 4.77. The topological polar surface area (TPSA) is 108 Å². The van der Waals surface area contributed by atoms with Crippen molar-refractivity contribution in [3.63, 3.8) is 0 Å². The molecule has 166 valence electrons. The number of halogens is 2. The lowest BCUT2D eigenvalue weighted by atomic mass is 10.2. The smallest absolute Gasteiger partial charge is 0.258 e. The van der Waals surface area contributed by atoms with Crippen molar-refractivity contribution in [2.75, 3.05) is 33.8 Å². The first kappa shape index (κ1) is 24.2. The molecule has 1 amide bonds. The van der Waals surface area contributed by atoms with Crippen molar-refractivity contribution in [3.05, 3.63) is 34.3 Å². The van der Waals surface area contributed by atoms with Crippen molar-refractivity contribution in [3.8, 4) is 23.0 Å². The van der Waals surface area contributed by atoms with Crippen molar-refractivity contribution >= 4 is 46.3 Å². The van der Waals surface area contributed by atoms with E-state index in [1.165, 1.54) is 59.6 Å². The molecule has 1 unspecified atom stereocenters. The highest BCUT2D eigenvalue weighted by Gasteiger charge is 2.25. The summed E-state index contributed by atoms with van der Waals surface area (Å²) in [4.78, 5) is 24.7. The molecule has 0 radical (unpaired) electrons. The maximum absolute atomic E-state index is 12.7. The molecular weight excluding hydrogens is 449 g/mol. The number of benzene rings is 2. The Hall–Kier alpha value is -3.04. The molecule has 9 nitrogen and oxygen atoms in total. The molecule has 2 aromatic carbocycles. The molecule has 31 heavy (non-hydrogen) atoms. The van der Waals surface area contributed by atoms with E-state index in [0.29, 0.717) is 23.0 Å². The molecule has 11 heteroatoms. The largest absolute Gasteiger partial charge is 0.495 e. The number of amides is 1. The fourth-order valence-electron chi connectivity index (χ4n) is 2.51. The number of ether oxygens (including phenoxy) is 4. The zero-order valence-corrected chi connectivity index (χ0v) is 19.0. The van der Waals surface area contributed by atoms with Crippen molar-refractivity contribution in [2.24, 2.45) is 10.2 Å². The van der Waals surface area contributed by atoms with E-state index in [-0.39, 0.29) is 21.4 Å². The Morgan fingerprint density at radius 1 is 0.871 bits per heavy atom. The third-order valence-electron chi connectivity index (χ3n) is 4.08. The van der Waals surface area contributed by atoms with Gasteiger partial charge in [-0.25, -0.2) is 0 Å². The highest BCUT2D eigenvalue weighted by atomic mass is 35.5. The van der Waals surface area contributed by atoms with Gasteiger partial charge in [0.05, 0.1) is 44.8 Å². The predicted octanol–water partition coefficient (Wildman–Crippen LogP) is 4.71. The summed E-state index contributed by atoms with van der Waals surface area (Å²) in [7, 11) is 5.76. The molecule has 2 rings (SSSR count). The van der Waals surface area contributed by atoms with Crippen LogP contribution in [-0.4, -0.2) is 46.2 Å². The average molecular weight is 470 g/mol. The summed E-state index contributed by atoms with van der Waals surface area (Å²) in [5, 5.41) is 10.9. The summed E-state index contributed by atoms with van der Waals surface area (Å²) < 4.78 is 20.7. The van der Waals surface area contributed by atoms with Crippen LogP contribution < -0.4 is 24.3 Å². The maximum atomic E-state index is 12.7. The number of ketones is 1.